The van der Waals surface area contributed by atoms with Gasteiger partial charge in [0, 0.05) is 18.4 Å². The lowest BCUT2D eigenvalue weighted by Gasteiger charge is -2.09. The maximum absolute atomic E-state index is 12.1. The Morgan fingerprint density at radius 1 is 1.40 bits per heavy atom. The highest BCUT2D eigenvalue weighted by Crippen LogP contribution is 2.32. The largest absolute Gasteiger partial charge is 0.468 e. The number of carbonyl (C=O) groups is 3. The first-order chi connectivity index (χ1) is 9.43. The molecule has 0 unspecified atom stereocenters. The molecular weight excluding hydrogens is 280 g/mol. The summed E-state index contributed by atoms with van der Waals surface area (Å²) < 4.78 is 6.38. The Balaban J connectivity index is 2.23. The van der Waals surface area contributed by atoms with Crippen LogP contribution in [0.1, 0.15) is 11.4 Å². The second-order valence-electron chi connectivity index (χ2n) is 4.30. The summed E-state index contributed by atoms with van der Waals surface area (Å²) in [6.07, 6.45) is 1.65. The zero-order valence-electron chi connectivity index (χ0n) is 11.4. The fourth-order valence-electron chi connectivity index (χ4n) is 1.74. The Labute approximate surface area is 120 Å². The minimum Gasteiger partial charge on any atom is -0.468 e. The van der Waals surface area contributed by atoms with Gasteiger partial charge >= 0.3 is 5.97 Å². The fourth-order valence-corrected chi connectivity index (χ4v) is 2.57. The van der Waals surface area contributed by atoms with Crippen molar-refractivity contribution in [2.45, 2.75) is 6.92 Å². The number of amides is 2. The monoisotopic (exact) mass is 294 g/mol. The minimum absolute atomic E-state index is 0.306. The third-order valence-corrected chi connectivity index (χ3v) is 3.99. The summed E-state index contributed by atoms with van der Waals surface area (Å²) in [6, 6.07) is 3.79. The van der Waals surface area contributed by atoms with E-state index in [2.05, 4.69) is 4.74 Å². The van der Waals surface area contributed by atoms with Crippen LogP contribution < -0.4 is 0 Å². The molecular formula is C13H14N2O4S. The third-order valence-electron chi connectivity index (χ3n) is 3.08. The molecule has 1 aliphatic heterocycles. The van der Waals surface area contributed by atoms with Crippen molar-refractivity contribution in [1.29, 1.82) is 0 Å². The number of methoxy groups -OCH3 is 1. The summed E-state index contributed by atoms with van der Waals surface area (Å²) in [6.45, 7) is 1.59. The molecule has 1 fully saturated rings. The zero-order valence-corrected chi connectivity index (χ0v) is 12.2. The second kappa shape index (κ2) is 5.54. The molecule has 2 amide bonds. The Morgan fingerprint density at radius 2 is 2.10 bits per heavy atom. The van der Waals surface area contributed by atoms with Crippen molar-refractivity contribution in [3.63, 3.8) is 0 Å². The van der Waals surface area contributed by atoms with Crippen molar-refractivity contribution >= 4 is 35.0 Å². The smallest absolute Gasteiger partial charge is 0.325 e. The molecule has 0 atom stereocenters. The molecule has 2 heterocycles. The molecule has 6 nitrogen and oxygen atoms in total. The van der Waals surface area contributed by atoms with Crippen LogP contribution in [0.15, 0.2) is 17.0 Å². The van der Waals surface area contributed by atoms with Gasteiger partial charge in [0.15, 0.2) is 0 Å². The van der Waals surface area contributed by atoms with Crippen LogP contribution in [0.2, 0.25) is 0 Å². The molecule has 0 saturated carbocycles. The molecule has 0 N–H and O–H groups in total. The predicted molar refractivity (Wildman–Crippen MR) is 74.8 cm³/mol. The van der Waals surface area contributed by atoms with Crippen LogP contribution in [0.3, 0.4) is 0 Å². The van der Waals surface area contributed by atoms with E-state index in [-0.39, 0.29) is 6.54 Å². The molecule has 0 radical (unpaired) electrons. The van der Waals surface area contributed by atoms with Gasteiger partial charge in [0.05, 0.1) is 12.0 Å². The Morgan fingerprint density at radius 3 is 2.65 bits per heavy atom. The molecule has 7 heteroatoms. The van der Waals surface area contributed by atoms with Crippen molar-refractivity contribution < 1.29 is 19.1 Å². The van der Waals surface area contributed by atoms with Crippen LogP contribution in [0.4, 0.5) is 4.79 Å². The first-order valence-corrected chi connectivity index (χ1v) is 6.70. The minimum atomic E-state index is -0.622. The number of hydrogen-bond donors (Lipinski definition) is 0. The van der Waals surface area contributed by atoms with E-state index in [1.54, 1.807) is 6.08 Å². The predicted octanol–water partition coefficient (Wildman–Crippen LogP) is 1.54. The normalized spacial score (nSPS) is 17.1. The summed E-state index contributed by atoms with van der Waals surface area (Å²) in [4.78, 5) is 36.2. The van der Waals surface area contributed by atoms with Crippen LogP contribution in [0, 0.1) is 6.92 Å². The van der Waals surface area contributed by atoms with E-state index in [0.717, 1.165) is 28.0 Å². The quantitative estimate of drug-likeness (QED) is 0.625. The number of ether oxygens (including phenoxy) is 1. The molecule has 0 aliphatic carbocycles. The second-order valence-corrected chi connectivity index (χ2v) is 5.30. The SMILES string of the molecule is COC(=O)CN1C(=O)S/C(=C/c2ccc(C)n2C)C1=O. The molecule has 2 rings (SSSR count). The van der Waals surface area contributed by atoms with Crippen molar-refractivity contribution in [3.05, 3.63) is 28.4 Å². The first-order valence-electron chi connectivity index (χ1n) is 5.88. The van der Waals surface area contributed by atoms with E-state index in [1.807, 2.05) is 30.7 Å². The van der Waals surface area contributed by atoms with Crippen molar-refractivity contribution in [2.24, 2.45) is 7.05 Å². The topological polar surface area (TPSA) is 68.6 Å². The van der Waals surface area contributed by atoms with Gasteiger partial charge in [0.1, 0.15) is 6.54 Å². The van der Waals surface area contributed by atoms with Crippen LogP contribution in [-0.2, 0) is 21.4 Å². The van der Waals surface area contributed by atoms with Crippen LogP contribution in [-0.4, -0.2) is 40.2 Å². The van der Waals surface area contributed by atoms with Crippen LogP contribution >= 0.6 is 11.8 Å². The lowest BCUT2D eigenvalue weighted by atomic mass is 10.3. The molecule has 0 bridgehead atoms. The van der Waals surface area contributed by atoms with Gasteiger partial charge in [0.25, 0.3) is 11.1 Å². The average Bonchev–Trinajstić information content (AvgIpc) is 2.86. The van der Waals surface area contributed by atoms with Gasteiger partial charge in [0.2, 0.25) is 0 Å². The summed E-state index contributed by atoms with van der Waals surface area (Å²) >= 11 is 0.824. The van der Waals surface area contributed by atoms with E-state index in [0.29, 0.717) is 4.91 Å². The van der Waals surface area contributed by atoms with E-state index in [1.165, 1.54) is 7.11 Å². The maximum atomic E-state index is 12.1. The highest BCUT2D eigenvalue weighted by atomic mass is 32.2. The fraction of sp³-hybridized carbons (Fsp3) is 0.308. The number of nitrogens with zero attached hydrogens (tertiary/aromatic N) is 2. The summed E-state index contributed by atoms with van der Waals surface area (Å²) in [7, 11) is 3.09. The molecule has 0 spiro atoms. The van der Waals surface area contributed by atoms with Crippen molar-refractivity contribution in [3.8, 4) is 0 Å². The molecule has 1 aromatic rings. The molecule has 1 aliphatic rings. The number of aryl methyl sites for hydroxylation is 1. The van der Waals surface area contributed by atoms with Gasteiger partial charge in [-0.2, -0.15) is 0 Å². The molecule has 0 aromatic carbocycles. The number of aromatic nitrogens is 1. The van der Waals surface area contributed by atoms with Gasteiger partial charge in [-0.15, -0.1) is 0 Å². The van der Waals surface area contributed by atoms with Crippen LogP contribution in [0.25, 0.3) is 6.08 Å². The molecule has 1 aromatic heterocycles. The number of imide groups is 1. The Hall–Kier alpha value is -2.02. The van der Waals surface area contributed by atoms with E-state index in [9.17, 15) is 14.4 Å². The average molecular weight is 294 g/mol. The molecule has 1 saturated heterocycles. The lowest BCUT2D eigenvalue weighted by Crippen LogP contribution is -2.34. The van der Waals surface area contributed by atoms with Gasteiger partial charge in [-0.25, -0.2) is 0 Å². The lowest BCUT2D eigenvalue weighted by molar-refractivity contribution is -0.143. The number of hydrogen-bond acceptors (Lipinski definition) is 5. The van der Waals surface area contributed by atoms with Crippen LogP contribution in [0.5, 0.6) is 0 Å². The first kappa shape index (κ1) is 14.4. The van der Waals surface area contributed by atoms with E-state index >= 15 is 0 Å². The zero-order chi connectivity index (χ0) is 14.9. The summed E-state index contributed by atoms with van der Waals surface area (Å²) in [5.74, 6) is -1.09. The van der Waals surface area contributed by atoms with E-state index in [4.69, 9.17) is 0 Å². The summed E-state index contributed by atoms with van der Waals surface area (Å²) in [5.41, 5.74) is 1.87. The molecule has 106 valence electrons. The Kier molecular flexibility index (Phi) is 3.99. The standard InChI is InChI=1S/C13H14N2O4S/c1-8-4-5-9(14(8)2)6-10-12(17)15(13(18)20-10)7-11(16)19-3/h4-6H,7H2,1-3H3/b10-6+. The highest BCUT2D eigenvalue weighted by Gasteiger charge is 2.36. The Bertz CT molecular complexity index is 618. The van der Waals surface area contributed by atoms with Gasteiger partial charge < -0.3 is 9.30 Å². The van der Waals surface area contributed by atoms with Crippen molar-refractivity contribution in [2.75, 3.05) is 13.7 Å². The number of carbonyl (C=O) groups excluding carboxylic acids is 3. The highest BCUT2D eigenvalue weighted by molar-refractivity contribution is 8.18. The number of esters is 1. The number of rotatable bonds is 3. The third kappa shape index (κ3) is 2.62. The van der Waals surface area contributed by atoms with Gasteiger partial charge in [-0.3, -0.25) is 19.3 Å². The maximum Gasteiger partial charge on any atom is 0.325 e. The van der Waals surface area contributed by atoms with Gasteiger partial charge in [-0.05, 0) is 36.9 Å². The van der Waals surface area contributed by atoms with Crippen molar-refractivity contribution in [1.82, 2.24) is 9.47 Å². The van der Waals surface area contributed by atoms with E-state index < -0.39 is 17.1 Å². The van der Waals surface area contributed by atoms with Gasteiger partial charge in [-0.1, -0.05) is 0 Å². The number of thioether (sulfide) groups is 1. The molecule has 20 heavy (non-hydrogen) atoms. The summed E-state index contributed by atoms with van der Waals surface area (Å²) in [5, 5.41) is -0.461.